The third-order valence-corrected chi connectivity index (χ3v) is 2.06. The predicted molar refractivity (Wildman–Crippen MR) is 64.5 cm³/mol. The molecule has 0 aliphatic rings. The smallest absolute Gasteiger partial charge is 0.227 e. The average Bonchev–Trinajstić information content (AvgIpc) is 2.61. The third-order valence-electron chi connectivity index (χ3n) is 2.06. The van der Waals surface area contributed by atoms with Crippen molar-refractivity contribution in [2.75, 3.05) is 0 Å². The highest BCUT2D eigenvalue weighted by atomic mass is 16.5. The van der Waals surface area contributed by atoms with E-state index in [2.05, 4.69) is 22.4 Å². The van der Waals surface area contributed by atoms with Crippen LogP contribution in [0.5, 0.6) is 0 Å². The van der Waals surface area contributed by atoms with Gasteiger partial charge in [0.25, 0.3) is 0 Å². The van der Waals surface area contributed by atoms with Crippen molar-refractivity contribution in [1.29, 1.82) is 0 Å². The molecule has 1 aromatic heterocycles. The maximum Gasteiger partial charge on any atom is 0.227 e. The number of carbonyl (C=O) groups excluding carboxylic acids is 1. The van der Waals surface area contributed by atoms with Crippen LogP contribution in [-0.2, 0) is 17.6 Å². The minimum Gasteiger partial charge on any atom is -0.351 e. The lowest BCUT2D eigenvalue weighted by Gasteiger charge is -2.20. The monoisotopic (exact) mass is 239 g/mol. The zero-order chi connectivity index (χ0) is 12.9. The number of rotatable bonds is 5. The van der Waals surface area contributed by atoms with Crippen LogP contribution in [0.4, 0.5) is 0 Å². The molecule has 1 amide bonds. The van der Waals surface area contributed by atoms with Crippen LogP contribution in [0.3, 0.4) is 0 Å². The van der Waals surface area contributed by atoms with Gasteiger partial charge in [0.1, 0.15) is 0 Å². The Morgan fingerprint density at radius 2 is 2.06 bits per heavy atom. The summed E-state index contributed by atoms with van der Waals surface area (Å²) in [6.07, 6.45) is 2.69. The fourth-order valence-corrected chi connectivity index (χ4v) is 1.42. The largest absolute Gasteiger partial charge is 0.351 e. The summed E-state index contributed by atoms with van der Waals surface area (Å²) in [6, 6.07) is 0. The summed E-state index contributed by atoms with van der Waals surface area (Å²) in [7, 11) is 0. The Hall–Kier alpha value is -1.39. The van der Waals surface area contributed by atoms with Gasteiger partial charge in [-0.15, -0.1) is 0 Å². The van der Waals surface area contributed by atoms with E-state index < -0.39 is 0 Å². The van der Waals surface area contributed by atoms with E-state index in [1.165, 1.54) is 0 Å². The summed E-state index contributed by atoms with van der Waals surface area (Å²) >= 11 is 0. The summed E-state index contributed by atoms with van der Waals surface area (Å²) in [5.41, 5.74) is -0.195. The second kappa shape index (κ2) is 5.80. The minimum atomic E-state index is -0.195. The molecule has 0 fully saturated rings. The first-order valence-corrected chi connectivity index (χ1v) is 6.03. The Morgan fingerprint density at radius 3 is 2.65 bits per heavy atom. The molecule has 0 aliphatic heterocycles. The van der Waals surface area contributed by atoms with Gasteiger partial charge in [-0.2, -0.15) is 4.98 Å². The van der Waals surface area contributed by atoms with Gasteiger partial charge in [0, 0.05) is 24.8 Å². The molecule has 5 heteroatoms. The number of nitrogens with one attached hydrogen (secondary N) is 1. The lowest BCUT2D eigenvalue weighted by Crippen LogP contribution is -2.40. The third kappa shape index (κ3) is 5.47. The molecule has 0 radical (unpaired) electrons. The molecule has 0 bridgehead atoms. The number of nitrogens with zero attached hydrogens (tertiary/aromatic N) is 2. The molecule has 0 aliphatic carbocycles. The number of hydrogen-bond acceptors (Lipinski definition) is 4. The summed E-state index contributed by atoms with van der Waals surface area (Å²) < 4.78 is 5.06. The normalized spacial score (nSPS) is 11.5. The van der Waals surface area contributed by atoms with Crippen molar-refractivity contribution in [3.05, 3.63) is 11.7 Å². The second-order valence-electron chi connectivity index (χ2n) is 5.15. The molecule has 0 saturated heterocycles. The van der Waals surface area contributed by atoms with Gasteiger partial charge >= 0.3 is 0 Å². The number of amides is 1. The molecular weight excluding hydrogens is 218 g/mol. The fourth-order valence-electron chi connectivity index (χ4n) is 1.42. The van der Waals surface area contributed by atoms with Crippen LogP contribution in [-0.4, -0.2) is 21.6 Å². The lowest BCUT2D eigenvalue weighted by molar-refractivity contribution is -0.122. The Morgan fingerprint density at radius 1 is 1.35 bits per heavy atom. The summed E-state index contributed by atoms with van der Waals surface area (Å²) in [4.78, 5) is 15.8. The van der Waals surface area contributed by atoms with Gasteiger partial charge in [-0.05, 0) is 27.2 Å². The van der Waals surface area contributed by atoms with E-state index in [0.717, 1.165) is 18.7 Å². The highest BCUT2D eigenvalue weighted by Crippen LogP contribution is 2.04. The number of aryl methyl sites for hydroxylation is 2. The Kier molecular flexibility index (Phi) is 4.66. The van der Waals surface area contributed by atoms with Crippen LogP contribution >= 0.6 is 0 Å². The van der Waals surface area contributed by atoms with Gasteiger partial charge in [-0.25, -0.2) is 0 Å². The van der Waals surface area contributed by atoms with E-state index in [1.807, 2.05) is 20.8 Å². The molecule has 0 unspecified atom stereocenters. The van der Waals surface area contributed by atoms with Gasteiger partial charge in [0.2, 0.25) is 11.8 Å². The second-order valence-corrected chi connectivity index (χ2v) is 5.15. The number of carbonyl (C=O) groups is 1. The summed E-state index contributed by atoms with van der Waals surface area (Å²) in [5, 5.41) is 6.73. The van der Waals surface area contributed by atoms with Crippen LogP contribution < -0.4 is 5.32 Å². The maximum absolute atomic E-state index is 11.6. The Bertz CT molecular complexity index is 366. The molecule has 17 heavy (non-hydrogen) atoms. The van der Waals surface area contributed by atoms with E-state index in [0.29, 0.717) is 18.7 Å². The Labute approximate surface area is 102 Å². The molecule has 1 rings (SSSR count). The SMILES string of the molecule is CCCc1noc(CCC(=O)NC(C)(C)C)n1. The van der Waals surface area contributed by atoms with E-state index in [9.17, 15) is 4.79 Å². The first kappa shape index (κ1) is 13.7. The van der Waals surface area contributed by atoms with E-state index in [1.54, 1.807) is 0 Å². The standard InChI is InChI=1S/C12H21N3O2/c1-5-6-9-13-11(17-15-9)8-7-10(16)14-12(2,3)4/h5-8H2,1-4H3,(H,14,16). The maximum atomic E-state index is 11.6. The molecule has 0 spiro atoms. The minimum absolute atomic E-state index is 0.00717. The van der Waals surface area contributed by atoms with E-state index in [4.69, 9.17) is 4.52 Å². The highest BCUT2D eigenvalue weighted by molar-refractivity contribution is 5.76. The highest BCUT2D eigenvalue weighted by Gasteiger charge is 2.14. The Balaban J connectivity index is 2.37. The molecule has 0 saturated carbocycles. The first-order chi connectivity index (χ1) is 7.90. The van der Waals surface area contributed by atoms with Gasteiger partial charge < -0.3 is 9.84 Å². The van der Waals surface area contributed by atoms with Crippen molar-refractivity contribution in [3.63, 3.8) is 0 Å². The van der Waals surface area contributed by atoms with Crippen molar-refractivity contribution in [3.8, 4) is 0 Å². The summed E-state index contributed by atoms with van der Waals surface area (Å²) in [5.74, 6) is 1.27. The van der Waals surface area contributed by atoms with Crippen LogP contribution in [0.1, 0.15) is 52.3 Å². The average molecular weight is 239 g/mol. The molecule has 1 N–H and O–H groups in total. The molecule has 5 nitrogen and oxygen atoms in total. The van der Waals surface area contributed by atoms with Gasteiger partial charge in [0.05, 0.1) is 0 Å². The van der Waals surface area contributed by atoms with E-state index >= 15 is 0 Å². The van der Waals surface area contributed by atoms with Crippen molar-refractivity contribution >= 4 is 5.91 Å². The number of hydrogen-bond donors (Lipinski definition) is 1. The first-order valence-electron chi connectivity index (χ1n) is 6.03. The predicted octanol–water partition coefficient (Wildman–Crippen LogP) is 1.87. The number of aromatic nitrogens is 2. The molecule has 96 valence electrons. The molecular formula is C12H21N3O2. The fraction of sp³-hybridized carbons (Fsp3) is 0.750. The lowest BCUT2D eigenvalue weighted by atomic mass is 10.1. The van der Waals surface area contributed by atoms with Gasteiger partial charge in [-0.1, -0.05) is 12.1 Å². The molecule has 0 aromatic carbocycles. The van der Waals surface area contributed by atoms with Crippen molar-refractivity contribution in [2.24, 2.45) is 0 Å². The van der Waals surface area contributed by atoms with Gasteiger partial charge in [0.15, 0.2) is 5.82 Å². The van der Waals surface area contributed by atoms with Crippen molar-refractivity contribution in [2.45, 2.75) is 58.9 Å². The zero-order valence-corrected chi connectivity index (χ0v) is 11.0. The van der Waals surface area contributed by atoms with Crippen molar-refractivity contribution in [1.82, 2.24) is 15.5 Å². The van der Waals surface area contributed by atoms with Crippen LogP contribution in [0, 0.1) is 0 Å². The molecule has 1 aromatic rings. The van der Waals surface area contributed by atoms with Crippen molar-refractivity contribution < 1.29 is 9.32 Å². The van der Waals surface area contributed by atoms with Crippen LogP contribution in [0.2, 0.25) is 0 Å². The van der Waals surface area contributed by atoms with Crippen LogP contribution in [0.15, 0.2) is 4.52 Å². The molecule has 1 heterocycles. The molecule has 0 atom stereocenters. The van der Waals surface area contributed by atoms with Crippen LogP contribution in [0.25, 0.3) is 0 Å². The topological polar surface area (TPSA) is 68.0 Å². The quantitative estimate of drug-likeness (QED) is 0.851. The van der Waals surface area contributed by atoms with E-state index in [-0.39, 0.29) is 11.4 Å². The zero-order valence-electron chi connectivity index (χ0n) is 11.0. The summed E-state index contributed by atoms with van der Waals surface area (Å²) in [6.45, 7) is 7.93. The van der Waals surface area contributed by atoms with Gasteiger partial charge in [-0.3, -0.25) is 4.79 Å².